The average molecular weight is 430 g/mol. The first kappa shape index (κ1) is 20.1. The fourth-order valence-electron chi connectivity index (χ4n) is 4.20. The Morgan fingerprint density at radius 1 is 1.09 bits per heavy atom. The standard InChI is InChI=1S/C25H22N2O5/c1-4-15-9-10-19-18(12-15)23(28)21-22(16-7-6-8-17(13-16)30-5-2)27(25(29)24(21)31-19)20-11-14(3)32-26-20/h6-13,22H,4-5H2,1-3H3/t22-/m0/s1. The first-order valence-electron chi connectivity index (χ1n) is 10.6. The van der Waals surface area contributed by atoms with E-state index >= 15 is 0 Å². The number of rotatable bonds is 5. The Bertz CT molecular complexity index is 1400. The van der Waals surface area contributed by atoms with E-state index in [4.69, 9.17) is 13.7 Å². The zero-order chi connectivity index (χ0) is 22.4. The topological polar surface area (TPSA) is 85.8 Å². The molecule has 1 aliphatic rings. The number of hydrogen-bond donors (Lipinski definition) is 0. The van der Waals surface area contributed by atoms with E-state index < -0.39 is 11.9 Å². The molecule has 1 aliphatic heterocycles. The smallest absolute Gasteiger partial charge is 0.296 e. The normalized spacial score (nSPS) is 15.4. The van der Waals surface area contributed by atoms with Gasteiger partial charge in [0.1, 0.15) is 17.1 Å². The largest absolute Gasteiger partial charge is 0.494 e. The molecule has 4 aromatic rings. The lowest BCUT2D eigenvalue weighted by Crippen LogP contribution is -2.29. The Hall–Kier alpha value is -3.87. The Morgan fingerprint density at radius 2 is 1.94 bits per heavy atom. The number of benzene rings is 2. The molecule has 1 amide bonds. The summed E-state index contributed by atoms with van der Waals surface area (Å²) in [6.07, 6.45) is 0.787. The number of carbonyl (C=O) groups excluding carboxylic acids is 1. The molecule has 7 nitrogen and oxygen atoms in total. The molecule has 2 aromatic heterocycles. The highest BCUT2D eigenvalue weighted by Gasteiger charge is 2.45. The number of aryl methyl sites for hydroxylation is 2. The summed E-state index contributed by atoms with van der Waals surface area (Å²) in [4.78, 5) is 28.7. The van der Waals surface area contributed by atoms with Crippen LogP contribution in [0.3, 0.4) is 0 Å². The third-order valence-electron chi connectivity index (χ3n) is 5.69. The maximum Gasteiger partial charge on any atom is 0.296 e. The molecule has 32 heavy (non-hydrogen) atoms. The lowest BCUT2D eigenvalue weighted by molar-refractivity contribution is 0.0969. The summed E-state index contributed by atoms with van der Waals surface area (Å²) in [6, 6.07) is 13.8. The van der Waals surface area contributed by atoms with Gasteiger partial charge in [-0.1, -0.05) is 30.3 Å². The van der Waals surface area contributed by atoms with Gasteiger partial charge in [0, 0.05) is 6.07 Å². The van der Waals surface area contributed by atoms with Crippen LogP contribution in [0.25, 0.3) is 11.0 Å². The maximum absolute atomic E-state index is 13.7. The van der Waals surface area contributed by atoms with E-state index in [-0.39, 0.29) is 11.2 Å². The van der Waals surface area contributed by atoms with Crippen molar-refractivity contribution in [3.63, 3.8) is 0 Å². The summed E-state index contributed by atoms with van der Waals surface area (Å²) in [5.74, 6) is 1.13. The molecule has 0 radical (unpaired) electrons. The van der Waals surface area contributed by atoms with Crippen LogP contribution in [0.2, 0.25) is 0 Å². The van der Waals surface area contributed by atoms with Crippen molar-refractivity contribution in [2.24, 2.45) is 0 Å². The lowest BCUT2D eigenvalue weighted by atomic mass is 9.97. The van der Waals surface area contributed by atoms with Gasteiger partial charge in [-0.3, -0.25) is 14.5 Å². The van der Waals surface area contributed by atoms with Crippen LogP contribution in [0.5, 0.6) is 5.75 Å². The van der Waals surface area contributed by atoms with Crippen LogP contribution in [0.15, 0.2) is 62.3 Å². The molecule has 7 heteroatoms. The number of hydrogen-bond acceptors (Lipinski definition) is 6. The predicted molar refractivity (Wildman–Crippen MR) is 119 cm³/mol. The summed E-state index contributed by atoms with van der Waals surface area (Å²) in [6.45, 7) is 6.18. The highest BCUT2D eigenvalue weighted by molar-refractivity contribution is 6.10. The molecule has 5 rings (SSSR count). The van der Waals surface area contributed by atoms with Gasteiger partial charge in [0.25, 0.3) is 5.91 Å². The molecule has 0 N–H and O–H groups in total. The van der Waals surface area contributed by atoms with Gasteiger partial charge in [-0.2, -0.15) is 0 Å². The summed E-state index contributed by atoms with van der Waals surface area (Å²) in [5, 5.41) is 4.51. The van der Waals surface area contributed by atoms with Crippen molar-refractivity contribution >= 4 is 22.7 Å². The van der Waals surface area contributed by atoms with Gasteiger partial charge >= 0.3 is 0 Å². The van der Waals surface area contributed by atoms with Gasteiger partial charge in [0.15, 0.2) is 11.2 Å². The van der Waals surface area contributed by atoms with Crippen LogP contribution in [0.4, 0.5) is 5.82 Å². The third-order valence-corrected chi connectivity index (χ3v) is 5.69. The third kappa shape index (κ3) is 3.09. The van der Waals surface area contributed by atoms with Gasteiger partial charge in [-0.05, 0) is 55.7 Å². The zero-order valence-corrected chi connectivity index (χ0v) is 18.0. The van der Waals surface area contributed by atoms with Crippen molar-refractivity contribution < 1.29 is 18.5 Å². The molecule has 2 aromatic carbocycles. The minimum atomic E-state index is -0.715. The van der Waals surface area contributed by atoms with Crippen molar-refractivity contribution in [3.8, 4) is 5.75 Å². The number of ether oxygens (including phenoxy) is 1. The van der Waals surface area contributed by atoms with Gasteiger partial charge in [0.2, 0.25) is 5.76 Å². The van der Waals surface area contributed by atoms with E-state index in [9.17, 15) is 9.59 Å². The van der Waals surface area contributed by atoms with E-state index in [1.165, 1.54) is 4.90 Å². The summed E-state index contributed by atoms with van der Waals surface area (Å²) in [5.41, 5.74) is 2.21. The highest BCUT2D eigenvalue weighted by Crippen LogP contribution is 2.41. The van der Waals surface area contributed by atoms with Crippen molar-refractivity contribution in [1.29, 1.82) is 0 Å². The fourth-order valence-corrected chi connectivity index (χ4v) is 4.20. The van der Waals surface area contributed by atoms with E-state index in [2.05, 4.69) is 5.16 Å². The first-order valence-corrected chi connectivity index (χ1v) is 10.6. The minimum Gasteiger partial charge on any atom is -0.494 e. The van der Waals surface area contributed by atoms with Crippen LogP contribution in [-0.4, -0.2) is 17.7 Å². The summed E-state index contributed by atoms with van der Waals surface area (Å²) >= 11 is 0. The number of nitrogens with zero attached hydrogens (tertiary/aromatic N) is 2. The van der Waals surface area contributed by atoms with Gasteiger partial charge in [-0.15, -0.1) is 0 Å². The SMILES string of the molecule is CCOc1cccc([C@H]2c3c(oc4ccc(CC)cc4c3=O)C(=O)N2c2cc(C)on2)c1. The molecule has 0 bridgehead atoms. The minimum absolute atomic E-state index is 0.0271. The molecule has 0 aliphatic carbocycles. The molecule has 0 saturated heterocycles. The zero-order valence-electron chi connectivity index (χ0n) is 18.0. The second kappa shape index (κ2) is 7.67. The van der Waals surface area contributed by atoms with Gasteiger partial charge in [0.05, 0.1) is 23.6 Å². The molecule has 0 spiro atoms. The van der Waals surface area contributed by atoms with E-state index in [1.54, 1.807) is 19.1 Å². The van der Waals surface area contributed by atoms with Gasteiger partial charge < -0.3 is 13.7 Å². The molecule has 1 atom stereocenters. The Morgan fingerprint density at radius 3 is 2.66 bits per heavy atom. The number of anilines is 1. The average Bonchev–Trinajstić information content (AvgIpc) is 3.35. The second-order valence-electron chi connectivity index (χ2n) is 7.74. The fraction of sp³-hybridized carbons (Fsp3) is 0.240. The molecular weight excluding hydrogens is 408 g/mol. The summed E-state index contributed by atoms with van der Waals surface area (Å²) in [7, 11) is 0. The lowest BCUT2D eigenvalue weighted by Gasteiger charge is -2.22. The van der Waals surface area contributed by atoms with Crippen LogP contribution in [0.1, 0.15) is 52.9 Å². The van der Waals surface area contributed by atoms with Crippen molar-refractivity contribution in [2.45, 2.75) is 33.2 Å². The van der Waals surface area contributed by atoms with Crippen molar-refractivity contribution in [2.75, 3.05) is 11.5 Å². The van der Waals surface area contributed by atoms with E-state index in [0.29, 0.717) is 40.5 Å². The Labute approximate surface area is 184 Å². The van der Waals surface area contributed by atoms with Crippen LogP contribution < -0.4 is 15.1 Å². The first-order chi connectivity index (χ1) is 15.5. The molecule has 162 valence electrons. The number of carbonyl (C=O) groups is 1. The molecule has 0 fully saturated rings. The van der Waals surface area contributed by atoms with E-state index in [0.717, 1.165) is 17.5 Å². The molecule has 3 heterocycles. The highest BCUT2D eigenvalue weighted by atomic mass is 16.5. The monoisotopic (exact) mass is 430 g/mol. The molecule has 0 saturated carbocycles. The predicted octanol–water partition coefficient (Wildman–Crippen LogP) is 4.80. The Kier molecular flexibility index (Phi) is 4.81. The molecule has 0 unspecified atom stereocenters. The maximum atomic E-state index is 13.7. The van der Waals surface area contributed by atoms with Gasteiger partial charge in [-0.25, -0.2) is 0 Å². The van der Waals surface area contributed by atoms with Crippen molar-refractivity contribution in [3.05, 3.63) is 87.0 Å². The van der Waals surface area contributed by atoms with Crippen LogP contribution in [0, 0.1) is 6.92 Å². The number of fused-ring (bicyclic) bond motifs is 2. The number of aromatic nitrogens is 1. The van der Waals surface area contributed by atoms with Crippen molar-refractivity contribution in [1.82, 2.24) is 5.16 Å². The quantitative estimate of drug-likeness (QED) is 0.452. The summed E-state index contributed by atoms with van der Waals surface area (Å²) < 4.78 is 16.9. The second-order valence-corrected chi connectivity index (χ2v) is 7.74. The Balaban J connectivity index is 1.79. The van der Waals surface area contributed by atoms with Crippen LogP contribution in [-0.2, 0) is 6.42 Å². The van der Waals surface area contributed by atoms with E-state index in [1.807, 2.05) is 50.2 Å². The number of amides is 1. The van der Waals surface area contributed by atoms with Crippen LogP contribution >= 0.6 is 0 Å². The molecular formula is C25H22N2O5.